The minimum Gasteiger partial charge on any atom is -0.493 e. The summed E-state index contributed by atoms with van der Waals surface area (Å²) in [5.41, 5.74) is 2.43. The van der Waals surface area contributed by atoms with Crippen LogP contribution in [0.3, 0.4) is 0 Å². The summed E-state index contributed by atoms with van der Waals surface area (Å²) in [6.07, 6.45) is 3.37. The van der Waals surface area contributed by atoms with Crippen molar-refractivity contribution in [3.8, 4) is 5.75 Å². The van der Waals surface area contributed by atoms with Gasteiger partial charge in [0.15, 0.2) is 0 Å². The Morgan fingerprint density at radius 3 is 2.43 bits per heavy atom. The number of sulfonamides is 1. The fourth-order valence-electron chi connectivity index (χ4n) is 2.18. The monoisotopic (exact) mass is 313 g/mol. The molecule has 1 aromatic rings. The van der Waals surface area contributed by atoms with E-state index in [2.05, 4.69) is 39.0 Å². The molecular formula is C16H27NO3S. The van der Waals surface area contributed by atoms with Crippen molar-refractivity contribution in [1.29, 1.82) is 0 Å². The summed E-state index contributed by atoms with van der Waals surface area (Å²) < 4.78 is 27.5. The molecule has 2 N–H and O–H groups in total. The van der Waals surface area contributed by atoms with Crippen molar-refractivity contribution < 1.29 is 13.2 Å². The molecule has 0 saturated heterocycles. The van der Waals surface area contributed by atoms with E-state index in [9.17, 15) is 8.42 Å². The molecule has 0 radical (unpaired) electrons. The van der Waals surface area contributed by atoms with E-state index in [0.29, 0.717) is 18.9 Å². The van der Waals surface area contributed by atoms with Gasteiger partial charge in [0.1, 0.15) is 5.75 Å². The fraction of sp³-hybridized carbons (Fsp3) is 0.625. The number of ether oxygens (including phenoxy) is 1. The summed E-state index contributed by atoms with van der Waals surface area (Å²) in [6.45, 7) is 7.04. The minimum atomic E-state index is -3.31. The highest BCUT2D eigenvalue weighted by molar-refractivity contribution is 7.89. The molecule has 0 aliphatic heterocycles. The van der Waals surface area contributed by atoms with Gasteiger partial charge in [-0.2, -0.15) is 0 Å². The molecule has 0 aromatic heterocycles. The van der Waals surface area contributed by atoms with Crippen LogP contribution in [-0.4, -0.2) is 20.8 Å². The van der Waals surface area contributed by atoms with Gasteiger partial charge < -0.3 is 4.74 Å². The maximum absolute atomic E-state index is 10.8. The summed E-state index contributed by atoms with van der Waals surface area (Å²) in [4.78, 5) is 0. The molecule has 1 rings (SSSR count). The van der Waals surface area contributed by atoms with Gasteiger partial charge in [-0.15, -0.1) is 0 Å². The van der Waals surface area contributed by atoms with E-state index >= 15 is 0 Å². The first-order chi connectivity index (χ1) is 9.79. The zero-order valence-corrected chi connectivity index (χ0v) is 14.1. The van der Waals surface area contributed by atoms with Gasteiger partial charge >= 0.3 is 0 Å². The molecule has 0 heterocycles. The normalized spacial score (nSPS) is 11.9. The van der Waals surface area contributed by atoms with Crippen molar-refractivity contribution in [3.63, 3.8) is 0 Å². The van der Waals surface area contributed by atoms with E-state index in [1.165, 1.54) is 11.1 Å². The topological polar surface area (TPSA) is 69.4 Å². The van der Waals surface area contributed by atoms with Gasteiger partial charge in [0.25, 0.3) is 0 Å². The van der Waals surface area contributed by atoms with Crippen molar-refractivity contribution >= 4 is 10.0 Å². The van der Waals surface area contributed by atoms with E-state index in [1.807, 2.05) is 0 Å². The third-order valence-corrected chi connectivity index (χ3v) is 4.23. The van der Waals surface area contributed by atoms with E-state index in [-0.39, 0.29) is 5.75 Å². The third kappa shape index (κ3) is 7.48. The average Bonchev–Trinajstić information content (AvgIpc) is 2.36. The van der Waals surface area contributed by atoms with Crippen molar-refractivity contribution in [1.82, 2.24) is 0 Å². The zero-order chi connectivity index (χ0) is 15.9. The van der Waals surface area contributed by atoms with Crippen LogP contribution in [0.4, 0.5) is 0 Å². The summed E-state index contributed by atoms with van der Waals surface area (Å²) in [6, 6.07) is 6.31. The lowest BCUT2D eigenvalue weighted by Gasteiger charge is -2.14. The minimum absolute atomic E-state index is 0.0727. The predicted molar refractivity (Wildman–Crippen MR) is 87.2 cm³/mol. The first-order valence-corrected chi connectivity index (χ1v) is 9.25. The second kappa shape index (κ2) is 8.39. The maximum Gasteiger partial charge on any atom is 0.209 e. The lowest BCUT2D eigenvalue weighted by molar-refractivity contribution is 0.301. The highest BCUT2D eigenvalue weighted by Crippen LogP contribution is 2.27. The van der Waals surface area contributed by atoms with Crippen LogP contribution < -0.4 is 9.88 Å². The second-order valence-electron chi connectivity index (χ2n) is 5.83. The van der Waals surface area contributed by atoms with Gasteiger partial charge in [-0.25, -0.2) is 13.6 Å². The number of unbranched alkanes of at least 4 members (excludes halogenated alkanes) is 3. The van der Waals surface area contributed by atoms with Crippen molar-refractivity contribution in [2.24, 2.45) is 5.14 Å². The van der Waals surface area contributed by atoms with Crippen molar-refractivity contribution in [2.75, 3.05) is 12.4 Å². The van der Waals surface area contributed by atoms with E-state index in [1.54, 1.807) is 0 Å². The zero-order valence-electron chi connectivity index (χ0n) is 13.3. The molecule has 120 valence electrons. The SMILES string of the molecule is Cc1ccc(C(C)C)c(OCCCCCCS(N)(=O)=O)c1. The molecule has 21 heavy (non-hydrogen) atoms. The van der Waals surface area contributed by atoms with E-state index in [0.717, 1.165) is 25.0 Å². The van der Waals surface area contributed by atoms with E-state index < -0.39 is 10.0 Å². The number of primary sulfonamides is 1. The summed E-state index contributed by atoms with van der Waals surface area (Å²) in [7, 11) is -3.31. The molecule has 0 aliphatic rings. The highest BCUT2D eigenvalue weighted by atomic mass is 32.2. The molecule has 0 atom stereocenters. The lowest BCUT2D eigenvalue weighted by atomic mass is 10.0. The van der Waals surface area contributed by atoms with Crippen LogP contribution in [0.15, 0.2) is 18.2 Å². The van der Waals surface area contributed by atoms with Gasteiger partial charge in [-0.1, -0.05) is 38.8 Å². The van der Waals surface area contributed by atoms with Crippen LogP contribution in [-0.2, 0) is 10.0 Å². The number of aryl methyl sites for hydroxylation is 1. The molecule has 0 unspecified atom stereocenters. The summed E-state index contributed by atoms with van der Waals surface area (Å²) in [5, 5.41) is 4.96. The third-order valence-electron chi connectivity index (χ3n) is 3.37. The van der Waals surface area contributed by atoms with Crippen LogP contribution in [0.1, 0.15) is 56.6 Å². The molecule has 1 aromatic carbocycles. The Kier molecular flexibility index (Phi) is 7.18. The highest BCUT2D eigenvalue weighted by Gasteiger charge is 2.08. The summed E-state index contributed by atoms with van der Waals surface area (Å²) >= 11 is 0. The van der Waals surface area contributed by atoms with Crippen molar-refractivity contribution in [3.05, 3.63) is 29.3 Å². The van der Waals surface area contributed by atoms with Crippen LogP contribution in [0, 0.1) is 6.92 Å². The Hall–Kier alpha value is -1.07. The molecular weight excluding hydrogens is 286 g/mol. The first-order valence-electron chi connectivity index (χ1n) is 7.53. The maximum atomic E-state index is 10.8. The van der Waals surface area contributed by atoms with Gasteiger partial charge in [-0.05, 0) is 42.9 Å². The van der Waals surface area contributed by atoms with Crippen LogP contribution in [0.5, 0.6) is 5.75 Å². The Labute approximate surface area is 128 Å². The molecule has 0 fully saturated rings. The molecule has 0 amide bonds. The molecule has 0 bridgehead atoms. The number of hydrogen-bond acceptors (Lipinski definition) is 3. The number of rotatable bonds is 9. The predicted octanol–water partition coefficient (Wildman–Crippen LogP) is 3.35. The average molecular weight is 313 g/mol. The van der Waals surface area contributed by atoms with Gasteiger partial charge in [0.05, 0.1) is 12.4 Å². The van der Waals surface area contributed by atoms with Crippen LogP contribution in [0.2, 0.25) is 0 Å². The number of hydrogen-bond donors (Lipinski definition) is 1. The lowest BCUT2D eigenvalue weighted by Crippen LogP contribution is -2.16. The standard InChI is InChI=1S/C16H27NO3S/c1-13(2)15-9-8-14(3)12-16(15)20-10-6-4-5-7-11-21(17,18)19/h8-9,12-13H,4-7,10-11H2,1-3H3,(H2,17,18,19). The number of benzene rings is 1. The van der Waals surface area contributed by atoms with E-state index in [4.69, 9.17) is 9.88 Å². The Morgan fingerprint density at radius 1 is 1.14 bits per heavy atom. The Bertz CT molecular complexity index is 538. The van der Waals surface area contributed by atoms with Gasteiger partial charge in [0, 0.05) is 0 Å². The molecule has 5 heteroatoms. The van der Waals surface area contributed by atoms with Gasteiger partial charge in [-0.3, -0.25) is 0 Å². The Balaban J connectivity index is 2.31. The molecule has 4 nitrogen and oxygen atoms in total. The smallest absolute Gasteiger partial charge is 0.209 e. The number of nitrogens with two attached hydrogens (primary N) is 1. The molecule has 0 spiro atoms. The van der Waals surface area contributed by atoms with Crippen molar-refractivity contribution in [2.45, 2.75) is 52.4 Å². The largest absolute Gasteiger partial charge is 0.493 e. The quantitative estimate of drug-likeness (QED) is 0.711. The molecule has 0 saturated carbocycles. The second-order valence-corrected chi connectivity index (χ2v) is 7.56. The fourth-order valence-corrected chi connectivity index (χ4v) is 2.79. The van der Waals surface area contributed by atoms with Crippen LogP contribution >= 0.6 is 0 Å². The van der Waals surface area contributed by atoms with Crippen LogP contribution in [0.25, 0.3) is 0 Å². The first kappa shape index (κ1) is 18.0. The van der Waals surface area contributed by atoms with Gasteiger partial charge in [0.2, 0.25) is 10.0 Å². The summed E-state index contributed by atoms with van der Waals surface area (Å²) in [5.74, 6) is 1.48. The Morgan fingerprint density at radius 2 is 1.81 bits per heavy atom. The molecule has 0 aliphatic carbocycles.